The predicted molar refractivity (Wildman–Crippen MR) is 129 cm³/mol. The topological polar surface area (TPSA) is 50.2 Å². The predicted octanol–water partition coefficient (Wildman–Crippen LogP) is 4.17. The number of hydrogen-bond donors (Lipinski definition) is 1. The van der Waals surface area contributed by atoms with Gasteiger partial charge in [-0.05, 0) is 74.1 Å². The second-order valence-electron chi connectivity index (χ2n) is 8.48. The van der Waals surface area contributed by atoms with Crippen molar-refractivity contribution in [3.63, 3.8) is 0 Å². The number of nitrogens with zero attached hydrogens (tertiary/aromatic N) is 3. The van der Waals surface area contributed by atoms with E-state index in [1.54, 1.807) is 12.3 Å². The van der Waals surface area contributed by atoms with Crippen molar-refractivity contribution >= 4 is 32.5 Å². The van der Waals surface area contributed by atoms with E-state index in [2.05, 4.69) is 46.4 Å². The molecule has 5 nitrogen and oxygen atoms in total. The maximum Gasteiger partial charge on any atom is 0.251 e. The minimum atomic E-state index is 0.0515. The average Bonchev–Trinajstić information content (AvgIpc) is 3.20. The largest absolute Gasteiger partial charge is 0.309 e. The highest BCUT2D eigenvalue weighted by Crippen LogP contribution is 2.26. The number of nitrogens with one attached hydrogen (secondary N) is 1. The molecule has 4 aromatic rings. The monoisotopic (exact) mass is 432 g/mol. The standard InChI is InChI=1S/C25H28N4OS/c1-18-4-5-19-16-21(31-24(19)15-18)17-27-20-8-11-28(12-9-20)13-14-29-23-3-2-10-26-22(23)6-7-25(29)30/h2-7,10,15-16,20,27H,8-9,11-14,17H2,1H3. The Hall–Kier alpha value is -2.54. The molecule has 31 heavy (non-hydrogen) atoms. The summed E-state index contributed by atoms with van der Waals surface area (Å²) in [7, 11) is 0. The number of benzene rings is 1. The highest BCUT2D eigenvalue weighted by Gasteiger charge is 2.19. The summed E-state index contributed by atoms with van der Waals surface area (Å²) in [5.41, 5.74) is 3.17. The Labute approximate surface area is 186 Å². The Morgan fingerprint density at radius 3 is 2.84 bits per heavy atom. The Kier molecular flexibility index (Phi) is 5.85. The lowest BCUT2D eigenvalue weighted by Crippen LogP contribution is -2.43. The number of piperidine rings is 1. The summed E-state index contributed by atoms with van der Waals surface area (Å²) in [6.45, 7) is 6.85. The molecule has 5 rings (SSSR count). The van der Waals surface area contributed by atoms with Gasteiger partial charge in [0.25, 0.3) is 5.56 Å². The zero-order chi connectivity index (χ0) is 21.2. The van der Waals surface area contributed by atoms with Crippen LogP contribution in [0.1, 0.15) is 23.3 Å². The molecule has 0 spiro atoms. The molecular weight excluding hydrogens is 404 g/mol. The quantitative estimate of drug-likeness (QED) is 0.497. The molecule has 1 saturated heterocycles. The minimum absolute atomic E-state index is 0.0515. The van der Waals surface area contributed by atoms with Gasteiger partial charge in [0, 0.05) is 47.5 Å². The molecule has 0 saturated carbocycles. The molecule has 1 aliphatic rings. The van der Waals surface area contributed by atoms with E-state index < -0.39 is 0 Å². The molecule has 0 aliphatic carbocycles. The summed E-state index contributed by atoms with van der Waals surface area (Å²) >= 11 is 1.90. The lowest BCUT2D eigenvalue weighted by atomic mass is 10.1. The Bertz CT molecular complexity index is 1250. The number of likely N-dealkylation sites (tertiary alicyclic amines) is 1. The van der Waals surface area contributed by atoms with Gasteiger partial charge in [-0.3, -0.25) is 9.78 Å². The van der Waals surface area contributed by atoms with E-state index in [0.717, 1.165) is 50.1 Å². The second-order valence-corrected chi connectivity index (χ2v) is 9.65. The molecule has 3 aromatic heterocycles. The third kappa shape index (κ3) is 4.56. The summed E-state index contributed by atoms with van der Waals surface area (Å²) in [6.07, 6.45) is 4.07. The number of rotatable bonds is 6. The van der Waals surface area contributed by atoms with Gasteiger partial charge < -0.3 is 14.8 Å². The van der Waals surface area contributed by atoms with Crippen LogP contribution in [0.15, 0.2) is 59.5 Å². The Morgan fingerprint density at radius 2 is 1.97 bits per heavy atom. The highest BCUT2D eigenvalue weighted by atomic mass is 32.1. The van der Waals surface area contributed by atoms with Crippen LogP contribution in [0.25, 0.3) is 21.1 Å². The summed E-state index contributed by atoms with van der Waals surface area (Å²) in [6, 6.07) is 16.9. The van der Waals surface area contributed by atoms with Gasteiger partial charge in [0.1, 0.15) is 0 Å². The first-order chi connectivity index (χ1) is 15.2. The van der Waals surface area contributed by atoms with Crippen LogP contribution in [-0.4, -0.2) is 40.1 Å². The zero-order valence-corrected chi connectivity index (χ0v) is 18.7. The molecule has 0 radical (unpaired) electrons. The van der Waals surface area contributed by atoms with Crippen LogP contribution in [0.3, 0.4) is 0 Å². The molecule has 0 bridgehead atoms. The molecule has 1 N–H and O–H groups in total. The number of thiophene rings is 1. The minimum Gasteiger partial charge on any atom is -0.309 e. The fourth-order valence-corrected chi connectivity index (χ4v) is 5.60. The summed E-state index contributed by atoms with van der Waals surface area (Å²) in [5, 5.41) is 5.11. The van der Waals surface area contributed by atoms with E-state index in [4.69, 9.17) is 0 Å². The van der Waals surface area contributed by atoms with Gasteiger partial charge in [0.05, 0.1) is 11.0 Å². The van der Waals surface area contributed by atoms with E-state index in [-0.39, 0.29) is 5.56 Å². The lowest BCUT2D eigenvalue weighted by Gasteiger charge is -2.32. The molecule has 6 heteroatoms. The van der Waals surface area contributed by atoms with Crippen molar-refractivity contribution in [2.24, 2.45) is 0 Å². The molecule has 0 amide bonds. The maximum atomic E-state index is 12.4. The molecule has 160 valence electrons. The summed E-state index contributed by atoms with van der Waals surface area (Å²) < 4.78 is 3.24. The molecule has 1 fully saturated rings. The van der Waals surface area contributed by atoms with Crippen molar-refractivity contribution in [2.45, 2.75) is 38.9 Å². The highest BCUT2D eigenvalue weighted by molar-refractivity contribution is 7.19. The lowest BCUT2D eigenvalue weighted by molar-refractivity contribution is 0.191. The van der Waals surface area contributed by atoms with Crippen LogP contribution in [0.5, 0.6) is 0 Å². The first-order valence-corrected chi connectivity index (χ1v) is 11.9. The van der Waals surface area contributed by atoms with Crippen LogP contribution >= 0.6 is 11.3 Å². The second kappa shape index (κ2) is 8.91. The molecule has 4 heterocycles. The van der Waals surface area contributed by atoms with Crippen molar-refractivity contribution < 1.29 is 0 Å². The van der Waals surface area contributed by atoms with E-state index in [1.807, 2.05) is 34.1 Å². The van der Waals surface area contributed by atoms with Crippen molar-refractivity contribution in [1.82, 2.24) is 19.8 Å². The van der Waals surface area contributed by atoms with Crippen molar-refractivity contribution in [2.75, 3.05) is 19.6 Å². The third-order valence-corrected chi connectivity index (χ3v) is 7.37. The fraction of sp³-hybridized carbons (Fsp3) is 0.360. The number of hydrogen-bond acceptors (Lipinski definition) is 5. The first-order valence-electron chi connectivity index (χ1n) is 11.0. The van der Waals surface area contributed by atoms with Crippen molar-refractivity contribution in [3.8, 4) is 0 Å². The van der Waals surface area contributed by atoms with E-state index in [9.17, 15) is 4.79 Å². The third-order valence-electron chi connectivity index (χ3n) is 6.28. The normalized spacial score (nSPS) is 15.8. The number of pyridine rings is 2. The first kappa shape index (κ1) is 20.4. The van der Waals surface area contributed by atoms with Crippen LogP contribution in [0.2, 0.25) is 0 Å². The molecule has 0 unspecified atom stereocenters. The van der Waals surface area contributed by atoms with Gasteiger partial charge in [-0.15, -0.1) is 11.3 Å². The van der Waals surface area contributed by atoms with Gasteiger partial charge >= 0.3 is 0 Å². The number of fused-ring (bicyclic) bond motifs is 2. The zero-order valence-electron chi connectivity index (χ0n) is 17.9. The summed E-state index contributed by atoms with van der Waals surface area (Å²) in [4.78, 5) is 20.6. The summed E-state index contributed by atoms with van der Waals surface area (Å²) in [5.74, 6) is 0. The van der Waals surface area contributed by atoms with E-state index in [0.29, 0.717) is 12.6 Å². The van der Waals surface area contributed by atoms with Crippen LogP contribution in [0.4, 0.5) is 0 Å². The molecule has 0 atom stereocenters. The van der Waals surface area contributed by atoms with Gasteiger partial charge in [0.2, 0.25) is 0 Å². The SMILES string of the molecule is Cc1ccc2cc(CNC3CCN(CCn4c(=O)ccc5ncccc54)CC3)sc2c1. The van der Waals surface area contributed by atoms with Crippen molar-refractivity contribution in [1.29, 1.82) is 0 Å². The van der Waals surface area contributed by atoms with Gasteiger partial charge in [-0.1, -0.05) is 12.1 Å². The van der Waals surface area contributed by atoms with Crippen LogP contribution in [0, 0.1) is 6.92 Å². The van der Waals surface area contributed by atoms with Crippen LogP contribution < -0.4 is 10.9 Å². The van der Waals surface area contributed by atoms with Crippen molar-refractivity contribution in [3.05, 3.63) is 75.5 Å². The number of aryl methyl sites for hydroxylation is 1. The average molecular weight is 433 g/mol. The van der Waals surface area contributed by atoms with E-state index in [1.165, 1.54) is 20.5 Å². The van der Waals surface area contributed by atoms with Gasteiger partial charge in [-0.25, -0.2) is 0 Å². The molecule has 1 aromatic carbocycles. The Balaban J connectivity index is 1.13. The molecular formula is C25H28N4OS. The van der Waals surface area contributed by atoms with E-state index >= 15 is 0 Å². The van der Waals surface area contributed by atoms with Gasteiger partial charge in [-0.2, -0.15) is 0 Å². The smallest absolute Gasteiger partial charge is 0.251 e. The number of aromatic nitrogens is 2. The maximum absolute atomic E-state index is 12.4. The van der Waals surface area contributed by atoms with Crippen LogP contribution in [-0.2, 0) is 13.1 Å². The van der Waals surface area contributed by atoms with Gasteiger partial charge in [0.15, 0.2) is 0 Å². The molecule has 1 aliphatic heterocycles. The Morgan fingerprint density at radius 1 is 1.10 bits per heavy atom. The fourth-order valence-electron chi connectivity index (χ4n) is 4.48.